The van der Waals surface area contributed by atoms with E-state index >= 15 is 0 Å². The number of aromatic nitrogens is 2. The Morgan fingerprint density at radius 1 is 1.27 bits per heavy atom. The molecule has 0 radical (unpaired) electrons. The van der Waals surface area contributed by atoms with Gasteiger partial charge in [0, 0.05) is 23.5 Å². The van der Waals surface area contributed by atoms with Crippen molar-refractivity contribution < 1.29 is 14.4 Å². The van der Waals surface area contributed by atoms with Crippen LogP contribution >= 0.6 is 34.5 Å². The minimum atomic E-state index is 0.219. The minimum Gasteiger partial charge on any atom is -0.493 e. The molecule has 0 saturated carbocycles. The summed E-state index contributed by atoms with van der Waals surface area (Å²) >= 11 is 9.29. The number of rotatable bonds is 5. The van der Waals surface area contributed by atoms with E-state index in [0.717, 1.165) is 36.7 Å². The summed E-state index contributed by atoms with van der Waals surface area (Å²) in [7, 11) is 3.36. The third-order valence-electron chi connectivity index (χ3n) is 4.81. The van der Waals surface area contributed by atoms with Gasteiger partial charge in [-0.05, 0) is 29.1 Å². The first-order chi connectivity index (χ1) is 12.7. The van der Waals surface area contributed by atoms with Crippen LogP contribution in [0.4, 0.5) is 0 Å². The monoisotopic (exact) mass is 408 g/mol. The quantitative estimate of drug-likeness (QED) is 0.705. The number of ether oxygens (including phenoxy) is 2. The Labute approximate surface area is 165 Å². The van der Waals surface area contributed by atoms with Crippen LogP contribution in [0.3, 0.4) is 0 Å². The van der Waals surface area contributed by atoms with Gasteiger partial charge in [-0.1, -0.05) is 22.2 Å². The molecule has 0 amide bonds. The summed E-state index contributed by atoms with van der Waals surface area (Å²) < 4.78 is 15.7. The molecule has 2 aromatic heterocycles. The first kappa shape index (κ1) is 17.7. The van der Waals surface area contributed by atoms with Gasteiger partial charge in [0.15, 0.2) is 11.5 Å². The molecule has 0 saturated heterocycles. The summed E-state index contributed by atoms with van der Waals surface area (Å²) in [4.78, 5) is 2.74. The maximum atomic E-state index is 6.27. The lowest BCUT2D eigenvalue weighted by atomic mass is 9.90. The molecule has 1 unspecified atom stereocenters. The standard InChI is InChI=1S/C18H18ClN3O2S2/c1-23-14-8-11-5-6-22(10-13-18(19)26-21-20-13)17(16-4-3-7-25-16)12(11)9-15(14)24-2/h3-4,7-9,17H,5-6,10H2,1-2H3/p+1/t17-/m1/s1. The fourth-order valence-electron chi connectivity index (χ4n) is 3.60. The number of nitrogens with zero attached hydrogens (tertiary/aromatic N) is 2. The van der Waals surface area contributed by atoms with E-state index in [1.807, 2.05) is 0 Å². The normalized spacial score (nSPS) is 19.2. The van der Waals surface area contributed by atoms with Crippen LogP contribution in [-0.4, -0.2) is 30.4 Å². The number of hydrogen-bond donors (Lipinski definition) is 1. The Kier molecular flexibility index (Phi) is 5.13. The molecule has 8 heteroatoms. The smallest absolute Gasteiger partial charge is 0.161 e. The zero-order valence-electron chi connectivity index (χ0n) is 14.5. The second-order valence-electron chi connectivity index (χ2n) is 6.18. The minimum absolute atomic E-state index is 0.219. The fourth-order valence-corrected chi connectivity index (χ4v) is 5.13. The molecule has 1 N–H and O–H groups in total. The van der Waals surface area contributed by atoms with Crippen LogP contribution in [0.1, 0.15) is 27.7 Å². The van der Waals surface area contributed by atoms with E-state index in [-0.39, 0.29) is 6.04 Å². The van der Waals surface area contributed by atoms with Crippen molar-refractivity contribution in [2.24, 2.45) is 0 Å². The average molecular weight is 409 g/mol. The maximum absolute atomic E-state index is 6.27. The van der Waals surface area contributed by atoms with Crippen LogP contribution < -0.4 is 14.4 Å². The molecular formula is C18H19ClN3O2S2+. The van der Waals surface area contributed by atoms with Crippen LogP contribution in [0, 0.1) is 0 Å². The predicted molar refractivity (Wildman–Crippen MR) is 104 cm³/mol. The van der Waals surface area contributed by atoms with E-state index in [1.54, 1.807) is 25.6 Å². The van der Waals surface area contributed by atoms with Gasteiger partial charge in [0.1, 0.15) is 22.6 Å². The van der Waals surface area contributed by atoms with E-state index in [0.29, 0.717) is 4.34 Å². The van der Waals surface area contributed by atoms with Crippen molar-refractivity contribution in [3.05, 3.63) is 55.7 Å². The summed E-state index contributed by atoms with van der Waals surface area (Å²) in [5.74, 6) is 1.55. The summed E-state index contributed by atoms with van der Waals surface area (Å²) in [5.41, 5.74) is 3.47. The zero-order chi connectivity index (χ0) is 18.1. The molecule has 0 aliphatic carbocycles. The van der Waals surface area contributed by atoms with Gasteiger partial charge in [-0.2, -0.15) is 0 Å². The van der Waals surface area contributed by atoms with Crippen molar-refractivity contribution in [3.63, 3.8) is 0 Å². The maximum Gasteiger partial charge on any atom is 0.161 e. The largest absolute Gasteiger partial charge is 0.493 e. The first-order valence-electron chi connectivity index (χ1n) is 8.30. The molecule has 0 fully saturated rings. The van der Waals surface area contributed by atoms with Gasteiger partial charge in [0.25, 0.3) is 0 Å². The van der Waals surface area contributed by atoms with E-state index in [2.05, 4.69) is 39.2 Å². The van der Waals surface area contributed by atoms with Crippen LogP contribution in [-0.2, 0) is 13.0 Å². The number of fused-ring (bicyclic) bond motifs is 1. The molecule has 26 heavy (non-hydrogen) atoms. The Morgan fingerprint density at radius 3 is 2.73 bits per heavy atom. The van der Waals surface area contributed by atoms with Crippen molar-refractivity contribution in [2.45, 2.75) is 19.0 Å². The van der Waals surface area contributed by atoms with E-state index in [9.17, 15) is 0 Å². The lowest BCUT2D eigenvalue weighted by Gasteiger charge is -2.34. The Bertz CT molecular complexity index is 898. The molecule has 1 aromatic carbocycles. The van der Waals surface area contributed by atoms with Gasteiger partial charge in [-0.15, -0.1) is 16.4 Å². The molecule has 2 atom stereocenters. The Morgan fingerprint density at radius 2 is 2.08 bits per heavy atom. The topological polar surface area (TPSA) is 48.7 Å². The van der Waals surface area contributed by atoms with Gasteiger partial charge in [-0.3, -0.25) is 0 Å². The summed E-state index contributed by atoms with van der Waals surface area (Å²) in [6.07, 6.45) is 0.974. The van der Waals surface area contributed by atoms with Crippen LogP contribution in [0.15, 0.2) is 29.6 Å². The fraction of sp³-hybridized carbons (Fsp3) is 0.333. The highest BCUT2D eigenvalue weighted by Crippen LogP contribution is 2.37. The number of methoxy groups -OCH3 is 2. The molecule has 3 aromatic rings. The zero-order valence-corrected chi connectivity index (χ0v) is 16.9. The second-order valence-corrected chi connectivity index (χ2v) is 8.52. The number of hydrogen-bond acceptors (Lipinski definition) is 6. The molecule has 4 rings (SSSR count). The lowest BCUT2D eigenvalue weighted by Crippen LogP contribution is -3.12. The van der Waals surface area contributed by atoms with Crippen molar-refractivity contribution >= 4 is 34.5 Å². The van der Waals surface area contributed by atoms with Crippen molar-refractivity contribution in [3.8, 4) is 11.5 Å². The summed E-state index contributed by atoms with van der Waals surface area (Å²) in [6, 6.07) is 8.75. The predicted octanol–water partition coefficient (Wildman–Crippen LogP) is 3.00. The molecule has 0 bridgehead atoms. The molecular weight excluding hydrogens is 390 g/mol. The molecule has 3 heterocycles. The third kappa shape index (κ3) is 3.20. The lowest BCUT2D eigenvalue weighted by molar-refractivity contribution is -0.941. The second kappa shape index (κ2) is 7.52. The van der Waals surface area contributed by atoms with Gasteiger partial charge in [0.2, 0.25) is 0 Å². The van der Waals surface area contributed by atoms with Gasteiger partial charge in [0.05, 0.1) is 25.6 Å². The molecule has 0 spiro atoms. The molecule has 1 aliphatic rings. The van der Waals surface area contributed by atoms with Crippen molar-refractivity contribution in [2.75, 3.05) is 20.8 Å². The van der Waals surface area contributed by atoms with Crippen LogP contribution in [0.25, 0.3) is 0 Å². The summed E-state index contributed by atoms with van der Waals surface area (Å²) in [5, 5.41) is 6.34. The highest BCUT2D eigenvalue weighted by molar-refractivity contribution is 7.10. The van der Waals surface area contributed by atoms with Gasteiger partial charge < -0.3 is 14.4 Å². The van der Waals surface area contributed by atoms with E-state index < -0.39 is 0 Å². The van der Waals surface area contributed by atoms with E-state index in [4.69, 9.17) is 21.1 Å². The van der Waals surface area contributed by atoms with Gasteiger partial charge >= 0.3 is 0 Å². The SMILES string of the molecule is COc1cc2c(cc1OC)[C@H](c1cccs1)[NH+](Cc1nnsc1Cl)CC2. The van der Waals surface area contributed by atoms with Crippen LogP contribution in [0.5, 0.6) is 11.5 Å². The van der Waals surface area contributed by atoms with Crippen molar-refractivity contribution in [1.29, 1.82) is 0 Å². The first-order valence-corrected chi connectivity index (χ1v) is 10.3. The number of halogens is 1. The van der Waals surface area contributed by atoms with Crippen LogP contribution in [0.2, 0.25) is 4.34 Å². The highest BCUT2D eigenvalue weighted by Gasteiger charge is 2.35. The Hall–Kier alpha value is -1.67. The van der Waals surface area contributed by atoms with Gasteiger partial charge in [-0.25, -0.2) is 0 Å². The number of benzene rings is 1. The number of nitrogens with one attached hydrogen (secondary N) is 1. The third-order valence-corrected chi connectivity index (χ3v) is 6.73. The number of thiophene rings is 1. The molecule has 5 nitrogen and oxygen atoms in total. The van der Waals surface area contributed by atoms with Crippen molar-refractivity contribution in [1.82, 2.24) is 9.59 Å². The Balaban J connectivity index is 1.78. The molecule has 1 aliphatic heterocycles. The molecule has 136 valence electrons. The average Bonchev–Trinajstić information content (AvgIpc) is 3.32. The highest BCUT2D eigenvalue weighted by atomic mass is 35.5. The van der Waals surface area contributed by atoms with E-state index in [1.165, 1.54) is 32.4 Å². The summed E-state index contributed by atoms with van der Waals surface area (Å²) in [6.45, 7) is 1.75. The number of quaternary nitrogens is 1.